The molecule has 0 spiro atoms. The van der Waals surface area contributed by atoms with Crippen molar-refractivity contribution in [3.8, 4) is 0 Å². The molecule has 1 aromatic rings. The Bertz CT molecular complexity index is 347. The van der Waals surface area contributed by atoms with E-state index in [9.17, 15) is 22.0 Å². The van der Waals surface area contributed by atoms with Crippen LogP contribution >= 0.6 is 0 Å². The van der Waals surface area contributed by atoms with Gasteiger partial charge >= 0.3 is 6.18 Å². The third kappa shape index (κ3) is 3.47. The largest absolute Gasteiger partial charge is 0.390 e. The molecule has 1 rings (SSSR count). The van der Waals surface area contributed by atoms with Crippen molar-refractivity contribution in [2.24, 2.45) is 5.73 Å². The highest BCUT2D eigenvalue weighted by molar-refractivity contribution is 5.21. The minimum Gasteiger partial charge on any atom is -0.324 e. The maximum Gasteiger partial charge on any atom is 0.390 e. The van der Waals surface area contributed by atoms with Crippen LogP contribution in [0.2, 0.25) is 0 Å². The van der Waals surface area contributed by atoms with Crippen LogP contribution in [0.5, 0.6) is 0 Å². The van der Waals surface area contributed by atoms with E-state index in [4.69, 9.17) is 5.73 Å². The number of rotatable bonds is 2. The maximum atomic E-state index is 13.0. The van der Waals surface area contributed by atoms with E-state index < -0.39 is 30.3 Å². The topological polar surface area (TPSA) is 26.0 Å². The van der Waals surface area contributed by atoms with Gasteiger partial charge in [0.2, 0.25) is 0 Å². The highest BCUT2D eigenvalue weighted by atomic mass is 19.4. The predicted molar refractivity (Wildman–Crippen MR) is 44.0 cm³/mol. The molecule has 0 bridgehead atoms. The molecule has 0 aliphatic heterocycles. The van der Waals surface area contributed by atoms with Crippen molar-refractivity contribution in [2.45, 2.75) is 18.6 Å². The summed E-state index contributed by atoms with van der Waals surface area (Å²) in [6, 6.07) is 0.784. The first kappa shape index (κ1) is 11.9. The van der Waals surface area contributed by atoms with E-state index >= 15 is 0 Å². The Labute approximate surface area is 82.7 Å². The summed E-state index contributed by atoms with van der Waals surface area (Å²) >= 11 is 0. The van der Waals surface area contributed by atoms with E-state index in [1.54, 1.807) is 0 Å². The maximum absolute atomic E-state index is 13.0. The number of benzene rings is 1. The van der Waals surface area contributed by atoms with Crippen LogP contribution in [0.25, 0.3) is 0 Å². The van der Waals surface area contributed by atoms with E-state index in [-0.39, 0.29) is 5.56 Å². The van der Waals surface area contributed by atoms with Gasteiger partial charge in [0.15, 0.2) is 0 Å². The zero-order valence-electron chi connectivity index (χ0n) is 7.48. The number of halogens is 5. The fourth-order valence-electron chi connectivity index (χ4n) is 1.16. The summed E-state index contributed by atoms with van der Waals surface area (Å²) in [7, 11) is 0. The van der Waals surface area contributed by atoms with E-state index in [0.717, 1.165) is 12.1 Å². The molecule has 0 radical (unpaired) electrons. The predicted octanol–water partition coefficient (Wildman–Crippen LogP) is 2.92. The molecule has 0 unspecified atom stereocenters. The third-order valence-corrected chi connectivity index (χ3v) is 1.81. The molecule has 0 aliphatic carbocycles. The van der Waals surface area contributed by atoms with Crippen molar-refractivity contribution in [3.63, 3.8) is 0 Å². The van der Waals surface area contributed by atoms with Gasteiger partial charge in [-0.2, -0.15) is 13.2 Å². The molecule has 0 heterocycles. The van der Waals surface area contributed by atoms with Crippen molar-refractivity contribution in [2.75, 3.05) is 0 Å². The van der Waals surface area contributed by atoms with Crippen LogP contribution in [-0.4, -0.2) is 6.18 Å². The first-order valence-corrected chi connectivity index (χ1v) is 4.07. The highest BCUT2D eigenvalue weighted by Gasteiger charge is 2.31. The standard InChI is InChI=1S/C9H8F5N/c10-5-1-2-6(7(11)3-5)8(15)4-9(12,13)14/h1-3,8H,4,15H2/t8-/m1/s1. The highest BCUT2D eigenvalue weighted by Crippen LogP contribution is 2.29. The minimum absolute atomic E-state index is 0.339. The fourth-order valence-corrected chi connectivity index (χ4v) is 1.16. The summed E-state index contributed by atoms with van der Waals surface area (Å²) in [6.45, 7) is 0. The molecule has 0 fully saturated rings. The van der Waals surface area contributed by atoms with Gasteiger partial charge in [-0.1, -0.05) is 6.07 Å². The zero-order valence-corrected chi connectivity index (χ0v) is 7.48. The molecule has 0 amide bonds. The van der Waals surface area contributed by atoms with Gasteiger partial charge in [0, 0.05) is 17.7 Å². The molecule has 0 saturated carbocycles. The summed E-state index contributed by atoms with van der Waals surface area (Å²) in [5.41, 5.74) is 4.81. The SMILES string of the molecule is N[C@H](CC(F)(F)F)c1ccc(F)cc1F. The van der Waals surface area contributed by atoms with Crippen LogP contribution in [-0.2, 0) is 0 Å². The zero-order chi connectivity index (χ0) is 11.6. The van der Waals surface area contributed by atoms with Gasteiger partial charge < -0.3 is 5.73 Å². The Morgan fingerprint density at radius 3 is 2.27 bits per heavy atom. The molecular weight excluding hydrogens is 217 g/mol. The van der Waals surface area contributed by atoms with Crippen molar-refractivity contribution in [1.29, 1.82) is 0 Å². The van der Waals surface area contributed by atoms with E-state index in [1.807, 2.05) is 0 Å². The molecule has 15 heavy (non-hydrogen) atoms. The van der Waals surface area contributed by atoms with Crippen LogP contribution in [0, 0.1) is 11.6 Å². The Morgan fingerprint density at radius 1 is 1.20 bits per heavy atom. The Kier molecular flexibility index (Phi) is 3.28. The van der Waals surface area contributed by atoms with Crippen molar-refractivity contribution < 1.29 is 22.0 Å². The van der Waals surface area contributed by atoms with Crippen molar-refractivity contribution in [3.05, 3.63) is 35.4 Å². The van der Waals surface area contributed by atoms with Crippen LogP contribution < -0.4 is 5.73 Å². The van der Waals surface area contributed by atoms with Crippen molar-refractivity contribution >= 4 is 0 Å². The number of hydrogen-bond acceptors (Lipinski definition) is 1. The number of alkyl halides is 3. The van der Waals surface area contributed by atoms with Gasteiger partial charge in [-0.15, -0.1) is 0 Å². The summed E-state index contributed by atoms with van der Waals surface area (Å²) in [6.07, 6.45) is -5.81. The van der Waals surface area contributed by atoms with E-state index in [1.165, 1.54) is 0 Å². The van der Waals surface area contributed by atoms with Crippen LogP contribution in [0.15, 0.2) is 18.2 Å². The molecule has 2 N–H and O–H groups in total. The smallest absolute Gasteiger partial charge is 0.324 e. The van der Waals surface area contributed by atoms with Gasteiger partial charge in [-0.3, -0.25) is 0 Å². The van der Waals surface area contributed by atoms with E-state index in [2.05, 4.69) is 0 Å². The lowest BCUT2D eigenvalue weighted by atomic mass is 10.0. The Morgan fingerprint density at radius 2 is 1.80 bits per heavy atom. The third-order valence-electron chi connectivity index (χ3n) is 1.81. The second kappa shape index (κ2) is 4.14. The van der Waals surface area contributed by atoms with Crippen LogP contribution in [0.4, 0.5) is 22.0 Å². The lowest BCUT2D eigenvalue weighted by molar-refractivity contribution is -0.138. The lowest BCUT2D eigenvalue weighted by Crippen LogP contribution is -2.21. The number of nitrogens with two attached hydrogens (primary N) is 1. The van der Waals surface area contributed by atoms with Gasteiger partial charge in [-0.05, 0) is 6.07 Å². The molecule has 0 saturated heterocycles. The number of hydrogen-bond donors (Lipinski definition) is 1. The molecular formula is C9H8F5N. The average Bonchev–Trinajstić information content (AvgIpc) is 1.99. The molecule has 0 aromatic heterocycles. The average molecular weight is 225 g/mol. The quantitative estimate of drug-likeness (QED) is 0.769. The van der Waals surface area contributed by atoms with Crippen LogP contribution in [0.3, 0.4) is 0 Å². The minimum atomic E-state index is -4.47. The fraction of sp³-hybridized carbons (Fsp3) is 0.333. The normalized spacial score (nSPS) is 14.0. The van der Waals surface area contributed by atoms with Gasteiger partial charge in [0.05, 0.1) is 6.42 Å². The molecule has 1 nitrogen and oxygen atoms in total. The summed E-state index contributed by atoms with van der Waals surface area (Å²) < 4.78 is 61.2. The Balaban J connectivity index is 2.87. The second-order valence-electron chi connectivity index (χ2n) is 3.09. The molecule has 6 heteroatoms. The van der Waals surface area contributed by atoms with E-state index in [0.29, 0.717) is 6.07 Å². The molecule has 84 valence electrons. The van der Waals surface area contributed by atoms with Gasteiger partial charge in [0.1, 0.15) is 11.6 Å². The monoisotopic (exact) mass is 225 g/mol. The molecule has 1 atom stereocenters. The van der Waals surface area contributed by atoms with Gasteiger partial charge in [0.25, 0.3) is 0 Å². The summed E-state index contributed by atoms with van der Waals surface area (Å²) in [5.74, 6) is -1.91. The Hall–Kier alpha value is -1.17. The lowest BCUT2D eigenvalue weighted by Gasteiger charge is -2.14. The molecule has 1 aromatic carbocycles. The molecule has 0 aliphatic rings. The summed E-state index contributed by atoms with van der Waals surface area (Å²) in [5, 5.41) is 0. The van der Waals surface area contributed by atoms with Crippen LogP contribution in [0.1, 0.15) is 18.0 Å². The first-order valence-electron chi connectivity index (χ1n) is 4.07. The van der Waals surface area contributed by atoms with Crippen molar-refractivity contribution in [1.82, 2.24) is 0 Å². The first-order chi connectivity index (χ1) is 6.79. The second-order valence-corrected chi connectivity index (χ2v) is 3.09. The summed E-state index contributed by atoms with van der Waals surface area (Å²) in [4.78, 5) is 0. The van der Waals surface area contributed by atoms with Gasteiger partial charge in [-0.25, -0.2) is 8.78 Å².